The lowest BCUT2D eigenvalue weighted by atomic mass is 9.96. The van der Waals surface area contributed by atoms with Crippen LogP contribution in [0.1, 0.15) is 166 Å². The molecule has 18 amide bonds. The molecule has 20 atom stereocenters. The van der Waals surface area contributed by atoms with Crippen LogP contribution in [0, 0.1) is 23.7 Å². The number of aliphatic carboxylic acids is 4. The largest absolute Gasteiger partial charge is 0.481 e. The molecular weight excluding hydrogens is 1770 g/mol. The maximum Gasteiger partial charge on any atom is 0.325 e. The Balaban J connectivity index is 2.32. The van der Waals surface area contributed by atoms with Gasteiger partial charge in [-0.3, -0.25) is 105 Å². The molecule has 748 valence electrons. The summed E-state index contributed by atoms with van der Waals surface area (Å²) in [7, 11) is 0. The average Bonchev–Trinajstić information content (AvgIpc) is 1.02. The zero-order chi connectivity index (χ0) is 102. The molecule has 2 aromatic rings. The minimum absolute atomic E-state index is 0.00184. The highest BCUT2D eigenvalue weighted by atomic mass is 16.4. The van der Waals surface area contributed by atoms with Gasteiger partial charge in [0.1, 0.15) is 96.7 Å². The first kappa shape index (κ1) is 117. The Morgan fingerprint density at radius 3 is 1.13 bits per heavy atom. The highest BCUT2D eigenvalue weighted by Gasteiger charge is 2.41. The van der Waals surface area contributed by atoms with Crippen molar-refractivity contribution in [2.24, 2.45) is 29.4 Å². The van der Waals surface area contributed by atoms with Gasteiger partial charge in [0.15, 0.2) is 0 Å². The molecule has 0 radical (unpaired) electrons. The lowest BCUT2D eigenvalue weighted by Crippen LogP contribution is -2.63. The topological polar surface area (TPSA) is 809 Å². The summed E-state index contributed by atoms with van der Waals surface area (Å²) in [5, 5.41) is 122. The standard InChI is InChI=1S/C83H131N21O30/c1-15-40(8)64(80(130)98-54(27-39(6)7)76(126)97-56(30-63(115)116)75(125)90-42(10)68(118)95-52(25-37(2)3)73(123)89-41(9)67(117)92-44(12)83(133)134)103-82(132)66(46(14)108)104-69(119)43(11)91-74(124)53(26-38(4)5)96-72(122)51(22-24-62(113)114)94-78(128)57(34-105)101-79(129)58(35-106)100-77(127)55(28-47-19-17-16-18-20-47)99-81(131)65(45(13)107)102-60(110)33-87-71(121)50(21-23-61(111)112)93-59(109)32-86-70(120)49(84)29-48-31-85-36-88-48/h16-20,31,36-46,49-58,64-66,105-108H,15,21-30,32-35,84H2,1-14H3,(H,85,88)(H,86,120)(H,87,121)(H,89,123)(H,90,125)(H,91,124)(H,92,117)(H,93,109)(H,94,128)(H,95,118)(H,96,122)(H,97,126)(H,98,130)(H,99,131)(H,100,127)(H,101,129)(H,102,110)(H,103,132)(H,104,119)(H,111,112)(H,113,114)(H,115,116)(H,133,134)/t40-,41-,42-,43-,44-,45+,46+,49-,50-,51-,52-,53-,54-,55-,56-,57-,58-,64-,65-,66-/m0/s1. The van der Waals surface area contributed by atoms with E-state index in [9.17, 15) is 146 Å². The van der Waals surface area contributed by atoms with Crippen molar-refractivity contribution in [2.45, 2.75) is 282 Å². The summed E-state index contributed by atoms with van der Waals surface area (Å²) in [5.74, 6) is -27.6. The van der Waals surface area contributed by atoms with Crippen LogP contribution in [0.5, 0.6) is 0 Å². The maximum atomic E-state index is 14.4. The molecule has 0 bridgehead atoms. The summed E-state index contributed by atoms with van der Waals surface area (Å²) in [6.45, 7) is 15.8. The van der Waals surface area contributed by atoms with E-state index >= 15 is 0 Å². The van der Waals surface area contributed by atoms with E-state index in [4.69, 9.17) is 5.73 Å². The maximum absolute atomic E-state index is 14.4. The van der Waals surface area contributed by atoms with Crippen LogP contribution in [-0.4, -0.2) is 322 Å². The predicted octanol–water partition coefficient (Wildman–Crippen LogP) is -9.19. The number of aliphatic hydroxyl groups is 4. The number of imidazole rings is 1. The lowest BCUT2D eigenvalue weighted by Gasteiger charge is -2.30. The van der Waals surface area contributed by atoms with Gasteiger partial charge in [0.25, 0.3) is 0 Å². The van der Waals surface area contributed by atoms with Crippen molar-refractivity contribution in [1.82, 2.24) is 106 Å². The monoisotopic (exact) mass is 1900 g/mol. The smallest absolute Gasteiger partial charge is 0.325 e. The number of rotatable bonds is 61. The number of nitrogens with one attached hydrogen (secondary N) is 19. The van der Waals surface area contributed by atoms with Gasteiger partial charge in [0.2, 0.25) is 106 Å². The fourth-order valence-electron chi connectivity index (χ4n) is 12.5. The number of aliphatic hydroxyl groups excluding tert-OH is 4. The molecule has 0 aliphatic heterocycles. The Kier molecular flexibility index (Phi) is 50.9. The van der Waals surface area contributed by atoms with E-state index in [2.05, 4.69) is 106 Å². The van der Waals surface area contributed by atoms with Gasteiger partial charge in [0, 0.05) is 31.9 Å². The molecule has 134 heavy (non-hydrogen) atoms. The van der Waals surface area contributed by atoms with Crippen LogP contribution >= 0.6 is 0 Å². The number of hydrogen-bond donors (Lipinski definition) is 28. The normalized spacial score (nSPS) is 15.7. The van der Waals surface area contributed by atoms with Crippen LogP contribution in [0.4, 0.5) is 0 Å². The molecule has 29 N–H and O–H groups in total. The number of aromatic nitrogens is 2. The zero-order valence-electron chi connectivity index (χ0n) is 77.0. The van der Waals surface area contributed by atoms with Crippen molar-refractivity contribution in [3.63, 3.8) is 0 Å². The molecule has 0 unspecified atom stereocenters. The number of carboxylic acid groups (broad SMARTS) is 4. The second kappa shape index (κ2) is 58.5. The van der Waals surface area contributed by atoms with Gasteiger partial charge >= 0.3 is 23.9 Å². The summed E-state index contributed by atoms with van der Waals surface area (Å²) >= 11 is 0. The number of nitrogens with two attached hydrogens (primary N) is 1. The molecule has 1 aromatic heterocycles. The van der Waals surface area contributed by atoms with Crippen LogP contribution in [0.2, 0.25) is 0 Å². The van der Waals surface area contributed by atoms with Crippen molar-refractivity contribution < 1.29 is 146 Å². The Morgan fingerprint density at radius 2 is 0.701 bits per heavy atom. The first-order valence-corrected chi connectivity index (χ1v) is 43.3. The molecule has 51 nitrogen and oxygen atoms in total. The van der Waals surface area contributed by atoms with E-state index in [1.807, 2.05) is 0 Å². The number of nitrogens with zero attached hydrogens (tertiary/aromatic N) is 1. The lowest BCUT2D eigenvalue weighted by molar-refractivity contribution is -0.142. The first-order chi connectivity index (χ1) is 62.6. The van der Waals surface area contributed by atoms with E-state index in [1.54, 1.807) is 66.7 Å². The predicted molar refractivity (Wildman–Crippen MR) is 469 cm³/mol. The van der Waals surface area contributed by atoms with E-state index in [-0.39, 0.29) is 38.0 Å². The van der Waals surface area contributed by atoms with Crippen LogP contribution in [-0.2, 0) is 118 Å². The van der Waals surface area contributed by atoms with Crippen molar-refractivity contribution in [2.75, 3.05) is 26.3 Å². The van der Waals surface area contributed by atoms with Gasteiger partial charge in [-0.2, -0.15) is 0 Å². The van der Waals surface area contributed by atoms with Crippen molar-refractivity contribution in [1.29, 1.82) is 0 Å². The molecule has 0 saturated carbocycles. The molecule has 0 fully saturated rings. The molecule has 0 aliphatic rings. The second-order valence-corrected chi connectivity index (χ2v) is 33.5. The van der Waals surface area contributed by atoms with Crippen LogP contribution in [0.25, 0.3) is 0 Å². The average molecular weight is 1900 g/mol. The van der Waals surface area contributed by atoms with Gasteiger partial charge in [-0.15, -0.1) is 0 Å². The van der Waals surface area contributed by atoms with Crippen molar-refractivity contribution in [3.8, 4) is 0 Å². The molecule has 0 aliphatic carbocycles. The van der Waals surface area contributed by atoms with Crippen molar-refractivity contribution >= 4 is 130 Å². The third-order valence-electron chi connectivity index (χ3n) is 20.2. The zero-order valence-corrected chi connectivity index (χ0v) is 77.0. The Bertz CT molecular complexity index is 4370. The first-order valence-electron chi connectivity index (χ1n) is 43.3. The van der Waals surface area contributed by atoms with Crippen LogP contribution < -0.4 is 101 Å². The number of carbonyl (C=O) groups excluding carboxylic acids is 18. The van der Waals surface area contributed by atoms with Gasteiger partial charge in [-0.05, 0) is 103 Å². The quantitative estimate of drug-likeness (QED) is 0.0292. The minimum Gasteiger partial charge on any atom is -0.481 e. The fraction of sp³-hybridized carbons (Fsp3) is 0.627. The van der Waals surface area contributed by atoms with E-state index in [1.165, 1.54) is 52.4 Å². The third kappa shape index (κ3) is 42.9. The Morgan fingerprint density at radius 1 is 0.358 bits per heavy atom. The minimum atomic E-state index is -2.08. The summed E-state index contributed by atoms with van der Waals surface area (Å²) in [4.78, 5) is 300. The van der Waals surface area contributed by atoms with Gasteiger partial charge < -0.3 is 147 Å². The summed E-state index contributed by atoms with van der Waals surface area (Å²) < 4.78 is 0. The number of carboxylic acids is 4. The fourth-order valence-corrected chi connectivity index (χ4v) is 12.5. The van der Waals surface area contributed by atoms with Gasteiger partial charge in [-0.25, -0.2) is 4.98 Å². The molecule has 0 saturated heterocycles. The number of H-pyrrole nitrogens is 1. The molecule has 1 aromatic carbocycles. The summed E-state index contributed by atoms with van der Waals surface area (Å²) in [5.41, 5.74) is 6.69. The van der Waals surface area contributed by atoms with Gasteiger partial charge in [0.05, 0.1) is 63.0 Å². The van der Waals surface area contributed by atoms with E-state index < -0.39 is 328 Å². The highest BCUT2D eigenvalue weighted by Crippen LogP contribution is 2.16. The number of carbonyl (C=O) groups is 22. The number of benzene rings is 1. The van der Waals surface area contributed by atoms with Crippen LogP contribution in [0.3, 0.4) is 0 Å². The van der Waals surface area contributed by atoms with E-state index in [0.717, 1.165) is 20.8 Å². The van der Waals surface area contributed by atoms with Crippen LogP contribution in [0.15, 0.2) is 42.9 Å². The Labute approximate surface area is 771 Å². The second-order valence-electron chi connectivity index (χ2n) is 33.5. The molecule has 0 spiro atoms. The third-order valence-corrected chi connectivity index (χ3v) is 20.2. The summed E-state index contributed by atoms with van der Waals surface area (Å²) in [6.07, 6.45) is -5.12. The molecule has 51 heteroatoms. The number of hydrogen-bond acceptors (Lipinski definition) is 28. The number of amides is 18. The SMILES string of the molecule is CC[C@H](C)[C@H](NC(=O)[C@@H](NC(=O)[C@H](C)NC(=O)[C@H](CC(C)C)NC(=O)[C@H](CCC(=O)O)NC(=O)[C@H](CO)NC(=O)[C@H](CO)NC(=O)[C@H](Cc1ccccc1)NC(=O)[C@@H](NC(=O)CNC(=O)[C@H](CCC(=O)O)NC(=O)CNC(=O)[C@@H](N)Cc1c[nH]cn1)[C@@H](C)O)[C@@H](C)O)C(=O)N[C@@H](CC(C)C)C(=O)N[C@@H](CC(=O)O)C(=O)N[C@@H](C)C(=O)N[C@@H](CC(C)C)C(=O)N[C@@H](C)C(=O)N[C@@H](C)C(=O)O. The Hall–Kier alpha value is -13.4. The van der Waals surface area contributed by atoms with Crippen molar-refractivity contribution in [3.05, 3.63) is 54.1 Å². The molecule has 2 rings (SSSR count). The molecular formula is C83H131N21O30. The molecule has 1 heterocycles. The van der Waals surface area contributed by atoms with Gasteiger partial charge in [-0.1, -0.05) is 92.1 Å². The highest BCUT2D eigenvalue weighted by molar-refractivity contribution is 6.02. The van der Waals surface area contributed by atoms with E-state index in [0.29, 0.717) is 11.3 Å². The number of aromatic amines is 1. The summed E-state index contributed by atoms with van der Waals surface area (Å²) in [6, 6.07) is -20.4.